The quantitative estimate of drug-likeness (QED) is 0.890. The average Bonchev–Trinajstić information content (AvgIpc) is 2.72. The zero-order valence-electron chi connectivity index (χ0n) is 11.6. The van der Waals surface area contributed by atoms with Crippen molar-refractivity contribution in [2.75, 3.05) is 25.0 Å². The van der Waals surface area contributed by atoms with Crippen molar-refractivity contribution in [2.45, 2.75) is 51.5 Å². The lowest BCUT2D eigenvalue weighted by Crippen LogP contribution is -2.28. The summed E-state index contributed by atoms with van der Waals surface area (Å²) in [6, 6.07) is 0.336. The molecule has 5 heteroatoms. The van der Waals surface area contributed by atoms with Crippen molar-refractivity contribution in [1.29, 1.82) is 0 Å². The topological polar surface area (TPSA) is 54.2 Å². The Morgan fingerprint density at radius 3 is 2.44 bits per heavy atom. The summed E-state index contributed by atoms with van der Waals surface area (Å²) in [5, 5.41) is 7.35. The second-order valence-corrected chi connectivity index (χ2v) is 5.20. The lowest BCUT2D eigenvalue weighted by molar-refractivity contribution is 0.335. The third kappa shape index (κ3) is 3.02. The van der Waals surface area contributed by atoms with Crippen LogP contribution in [0.3, 0.4) is 0 Å². The van der Waals surface area contributed by atoms with Gasteiger partial charge in [0.25, 0.3) is 5.95 Å². The third-order valence-corrected chi connectivity index (χ3v) is 3.91. The Balaban J connectivity index is 2.04. The summed E-state index contributed by atoms with van der Waals surface area (Å²) in [6.07, 6.45) is 5.08. The summed E-state index contributed by atoms with van der Waals surface area (Å²) < 4.78 is 5.40. The van der Waals surface area contributed by atoms with E-state index in [9.17, 15) is 0 Å². The number of aromatic nitrogens is 2. The normalized spacial score (nSPS) is 20.5. The van der Waals surface area contributed by atoms with Gasteiger partial charge in [0.2, 0.25) is 5.89 Å². The molecule has 1 saturated heterocycles. The summed E-state index contributed by atoms with van der Waals surface area (Å²) in [5.74, 6) is 1.74. The molecule has 2 rings (SSSR count). The molecule has 0 radical (unpaired) electrons. The Labute approximate surface area is 109 Å². The van der Waals surface area contributed by atoms with Crippen LogP contribution in [0, 0.1) is 0 Å². The van der Waals surface area contributed by atoms with Crippen molar-refractivity contribution in [1.82, 2.24) is 15.5 Å². The monoisotopic (exact) mass is 252 g/mol. The summed E-state index contributed by atoms with van der Waals surface area (Å²) >= 11 is 0. The molecular formula is C13H24N4O. The van der Waals surface area contributed by atoms with Gasteiger partial charge in [-0.15, -0.1) is 0 Å². The number of nitrogens with one attached hydrogen (secondary N) is 1. The molecule has 0 bridgehead atoms. The van der Waals surface area contributed by atoms with Gasteiger partial charge < -0.3 is 14.7 Å². The van der Waals surface area contributed by atoms with Crippen LogP contribution in [0.1, 0.15) is 51.3 Å². The number of nitrogens with zero attached hydrogens (tertiary/aromatic N) is 3. The van der Waals surface area contributed by atoms with Crippen molar-refractivity contribution in [3.63, 3.8) is 0 Å². The van der Waals surface area contributed by atoms with E-state index in [0.29, 0.717) is 6.04 Å². The molecule has 5 nitrogen and oxygen atoms in total. The predicted molar refractivity (Wildman–Crippen MR) is 71.9 cm³/mol. The van der Waals surface area contributed by atoms with Crippen molar-refractivity contribution in [2.24, 2.45) is 0 Å². The predicted octanol–water partition coefficient (Wildman–Crippen LogP) is 2.16. The van der Waals surface area contributed by atoms with E-state index in [4.69, 9.17) is 4.52 Å². The van der Waals surface area contributed by atoms with Gasteiger partial charge in [-0.1, -0.05) is 19.8 Å². The highest BCUT2D eigenvalue weighted by Crippen LogP contribution is 2.21. The van der Waals surface area contributed by atoms with E-state index >= 15 is 0 Å². The van der Waals surface area contributed by atoms with Crippen LogP contribution in [0.25, 0.3) is 0 Å². The molecule has 0 aliphatic carbocycles. The van der Waals surface area contributed by atoms with Gasteiger partial charge in [-0.25, -0.2) is 0 Å². The molecule has 102 valence electrons. The molecule has 0 saturated carbocycles. The zero-order valence-corrected chi connectivity index (χ0v) is 11.6. The maximum Gasteiger partial charge on any atom is 0.266 e. The number of hydrogen-bond donors (Lipinski definition) is 1. The molecule has 1 aromatic heterocycles. The van der Waals surface area contributed by atoms with Crippen LogP contribution in [-0.2, 0) is 0 Å². The fraction of sp³-hybridized carbons (Fsp3) is 0.846. The largest absolute Gasteiger partial charge is 0.338 e. The SMILES string of the molecule is CNC(C)C(C)c1nc(N2CCCCCC2)no1. The molecule has 1 aromatic rings. The highest BCUT2D eigenvalue weighted by atomic mass is 16.5. The molecule has 2 heterocycles. The second kappa shape index (κ2) is 6.18. The van der Waals surface area contributed by atoms with Gasteiger partial charge >= 0.3 is 0 Å². The number of likely N-dealkylation sites (N-methyl/N-ethyl adjacent to an activating group) is 1. The van der Waals surface area contributed by atoms with Crippen molar-refractivity contribution < 1.29 is 4.52 Å². The Bertz CT molecular complexity index is 358. The van der Waals surface area contributed by atoms with E-state index < -0.39 is 0 Å². The minimum atomic E-state index is 0.239. The fourth-order valence-electron chi connectivity index (χ4n) is 2.27. The molecule has 1 N–H and O–H groups in total. The summed E-state index contributed by atoms with van der Waals surface area (Å²) in [7, 11) is 1.95. The Morgan fingerprint density at radius 2 is 1.83 bits per heavy atom. The lowest BCUT2D eigenvalue weighted by Gasteiger charge is -2.17. The molecule has 2 unspecified atom stereocenters. The highest BCUT2D eigenvalue weighted by Gasteiger charge is 2.22. The standard InChI is InChI=1S/C13H24N4O/c1-10(11(2)14-3)12-15-13(16-18-12)17-8-6-4-5-7-9-17/h10-11,14H,4-9H2,1-3H3. The maximum atomic E-state index is 5.40. The van der Waals surface area contributed by atoms with Crippen LogP contribution < -0.4 is 10.2 Å². The smallest absolute Gasteiger partial charge is 0.266 e. The van der Waals surface area contributed by atoms with E-state index in [1.807, 2.05) is 7.05 Å². The third-order valence-electron chi connectivity index (χ3n) is 3.91. The Kier molecular flexibility index (Phi) is 4.58. The van der Waals surface area contributed by atoms with Crippen LogP contribution >= 0.6 is 0 Å². The molecule has 1 fully saturated rings. The van der Waals surface area contributed by atoms with Gasteiger partial charge in [-0.05, 0) is 32.0 Å². The molecule has 0 amide bonds. The fourth-order valence-corrected chi connectivity index (χ4v) is 2.27. The van der Waals surface area contributed by atoms with E-state index in [2.05, 4.69) is 34.2 Å². The number of anilines is 1. The first-order valence-corrected chi connectivity index (χ1v) is 6.98. The summed E-state index contributed by atoms with van der Waals surface area (Å²) in [6.45, 7) is 6.34. The van der Waals surface area contributed by atoms with Gasteiger partial charge in [0, 0.05) is 19.1 Å². The van der Waals surface area contributed by atoms with Crippen LogP contribution in [0.5, 0.6) is 0 Å². The van der Waals surface area contributed by atoms with Crippen molar-refractivity contribution >= 4 is 5.95 Å². The first-order valence-electron chi connectivity index (χ1n) is 6.98. The maximum absolute atomic E-state index is 5.40. The Morgan fingerprint density at radius 1 is 1.17 bits per heavy atom. The number of hydrogen-bond acceptors (Lipinski definition) is 5. The second-order valence-electron chi connectivity index (χ2n) is 5.20. The lowest BCUT2D eigenvalue weighted by atomic mass is 10.0. The van der Waals surface area contributed by atoms with Crippen LogP contribution in [0.2, 0.25) is 0 Å². The molecule has 2 atom stereocenters. The van der Waals surface area contributed by atoms with Gasteiger partial charge in [-0.2, -0.15) is 4.98 Å². The molecule has 1 aliphatic rings. The van der Waals surface area contributed by atoms with Gasteiger partial charge in [-0.3, -0.25) is 0 Å². The summed E-state index contributed by atoms with van der Waals surface area (Å²) in [4.78, 5) is 6.80. The molecule has 0 aromatic carbocycles. The van der Waals surface area contributed by atoms with Crippen molar-refractivity contribution in [3.8, 4) is 0 Å². The van der Waals surface area contributed by atoms with E-state index in [0.717, 1.165) is 24.9 Å². The van der Waals surface area contributed by atoms with Crippen molar-refractivity contribution in [3.05, 3.63) is 5.89 Å². The van der Waals surface area contributed by atoms with E-state index in [1.54, 1.807) is 0 Å². The van der Waals surface area contributed by atoms with Gasteiger partial charge in [0.15, 0.2) is 0 Å². The average molecular weight is 252 g/mol. The van der Waals surface area contributed by atoms with Crippen LogP contribution in [-0.4, -0.2) is 36.3 Å². The molecule has 0 spiro atoms. The van der Waals surface area contributed by atoms with Crippen LogP contribution in [0.4, 0.5) is 5.95 Å². The summed E-state index contributed by atoms with van der Waals surface area (Å²) in [5.41, 5.74) is 0. The van der Waals surface area contributed by atoms with E-state index in [1.165, 1.54) is 25.7 Å². The first-order chi connectivity index (χ1) is 8.72. The molecule has 18 heavy (non-hydrogen) atoms. The van der Waals surface area contributed by atoms with Gasteiger partial charge in [0.05, 0.1) is 5.92 Å². The number of rotatable bonds is 4. The Hall–Kier alpha value is -1.10. The first kappa shape index (κ1) is 13.3. The van der Waals surface area contributed by atoms with Crippen LogP contribution in [0.15, 0.2) is 4.52 Å². The van der Waals surface area contributed by atoms with Gasteiger partial charge in [0.1, 0.15) is 0 Å². The highest BCUT2D eigenvalue weighted by molar-refractivity contribution is 5.28. The minimum absolute atomic E-state index is 0.239. The van der Waals surface area contributed by atoms with E-state index in [-0.39, 0.29) is 5.92 Å². The molecule has 1 aliphatic heterocycles. The molecular weight excluding hydrogens is 228 g/mol. The zero-order chi connectivity index (χ0) is 13.0. The minimum Gasteiger partial charge on any atom is -0.338 e.